The molecule has 0 aromatic heterocycles. The minimum atomic E-state index is 0.322. The fourth-order valence-electron chi connectivity index (χ4n) is 2.56. The zero-order chi connectivity index (χ0) is 13.2. The first-order valence-corrected chi connectivity index (χ1v) is 6.98. The van der Waals surface area contributed by atoms with E-state index >= 15 is 0 Å². The van der Waals surface area contributed by atoms with Gasteiger partial charge in [-0.05, 0) is 66.8 Å². The SMILES string of the molecule is NC1CCc2cc(Nc3ccc(Cl)cc3)ccc2C1. The standard InChI is InChI=1S/C16H17ClN2/c17-13-3-7-15(8-4-13)19-16-6-2-11-9-14(18)5-1-12(11)10-16/h2-4,6-8,10,14,19H,1,5,9,18H2. The van der Waals surface area contributed by atoms with Crippen LogP contribution in [0, 0.1) is 0 Å². The maximum atomic E-state index is 6.00. The Balaban J connectivity index is 1.80. The quantitative estimate of drug-likeness (QED) is 0.870. The summed E-state index contributed by atoms with van der Waals surface area (Å²) in [5.74, 6) is 0. The molecule has 0 aliphatic heterocycles. The van der Waals surface area contributed by atoms with Crippen molar-refractivity contribution in [2.45, 2.75) is 25.3 Å². The number of nitrogens with two attached hydrogens (primary N) is 1. The number of aryl methyl sites for hydroxylation is 1. The van der Waals surface area contributed by atoms with E-state index in [0.717, 1.165) is 35.7 Å². The van der Waals surface area contributed by atoms with Crippen LogP contribution < -0.4 is 11.1 Å². The van der Waals surface area contributed by atoms with Crippen LogP contribution in [0.5, 0.6) is 0 Å². The zero-order valence-corrected chi connectivity index (χ0v) is 11.5. The van der Waals surface area contributed by atoms with Crippen LogP contribution in [0.25, 0.3) is 0 Å². The summed E-state index contributed by atoms with van der Waals surface area (Å²) in [6, 6.07) is 14.6. The number of halogens is 1. The van der Waals surface area contributed by atoms with Gasteiger partial charge in [0.2, 0.25) is 0 Å². The van der Waals surface area contributed by atoms with Crippen LogP contribution in [0.15, 0.2) is 42.5 Å². The van der Waals surface area contributed by atoms with Crippen molar-refractivity contribution in [3.8, 4) is 0 Å². The molecule has 19 heavy (non-hydrogen) atoms. The fraction of sp³-hybridized carbons (Fsp3) is 0.250. The highest BCUT2D eigenvalue weighted by molar-refractivity contribution is 6.30. The topological polar surface area (TPSA) is 38.0 Å². The lowest BCUT2D eigenvalue weighted by Gasteiger charge is -2.22. The van der Waals surface area contributed by atoms with E-state index in [1.54, 1.807) is 0 Å². The Morgan fingerprint density at radius 1 is 1.00 bits per heavy atom. The molecule has 3 heteroatoms. The van der Waals surface area contributed by atoms with E-state index < -0.39 is 0 Å². The highest BCUT2D eigenvalue weighted by Gasteiger charge is 2.15. The Morgan fingerprint density at radius 3 is 2.53 bits per heavy atom. The number of benzene rings is 2. The lowest BCUT2D eigenvalue weighted by Crippen LogP contribution is -2.27. The third-order valence-electron chi connectivity index (χ3n) is 3.61. The van der Waals surface area contributed by atoms with Crippen molar-refractivity contribution in [3.63, 3.8) is 0 Å². The van der Waals surface area contributed by atoms with E-state index in [1.807, 2.05) is 24.3 Å². The minimum Gasteiger partial charge on any atom is -0.356 e. The van der Waals surface area contributed by atoms with Crippen molar-refractivity contribution in [3.05, 3.63) is 58.6 Å². The summed E-state index contributed by atoms with van der Waals surface area (Å²) in [6.45, 7) is 0. The second-order valence-corrected chi connectivity index (χ2v) is 5.55. The molecule has 3 rings (SSSR count). The molecule has 1 aliphatic carbocycles. The van der Waals surface area contributed by atoms with Crippen LogP contribution in [0.4, 0.5) is 11.4 Å². The second-order valence-electron chi connectivity index (χ2n) is 5.12. The molecule has 98 valence electrons. The highest BCUT2D eigenvalue weighted by Crippen LogP contribution is 2.26. The smallest absolute Gasteiger partial charge is 0.0407 e. The number of rotatable bonds is 2. The summed E-state index contributed by atoms with van der Waals surface area (Å²) in [5.41, 5.74) is 11.0. The van der Waals surface area contributed by atoms with Crippen LogP contribution in [0.1, 0.15) is 17.5 Å². The molecule has 0 radical (unpaired) electrons. The van der Waals surface area contributed by atoms with E-state index in [1.165, 1.54) is 11.1 Å². The summed E-state index contributed by atoms with van der Waals surface area (Å²) in [4.78, 5) is 0. The molecule has 2 aromatic carbocycles. The molecule has 0 amide bonds. The molecule has 2 nitrogen and oxygen atoms in total. The van der Waals surface area contributed by atoms with Gasteiger partial charge in [0.15, 0.2) is 0 Å². The molecule has 1 aliphatic rings. The monoisotopic (exact) mass is 272 g/mol. The average molecular weight is 273 g/mol. The summed E-state index contributed by atoms with van der Waals surface area (Å²) in [5, 5.41) is 4.16. The first kappa shape index (κ1) is 12.5. The van der Waals surface area contributed by atoms with Gasteiger partial charge in [0.05, 0.1) is 0 Å². The Labute approximate surface area is 118 Å². The van der Waals surface area contributed by atoms with Crippen molar-refractivity contribution >= 4 is 23.0 Å². The lowest BCUT2D eigenvalue weighted by molar-refractivity contribution is 0.577. The predicted octanol–water partition coefficient (Wildman–Crippen LogP) is 3.90. The number of anilines is 2. The van der Waals surface area contributed by atoms with Crippen LogP contribution in [-0.2, 0) is 12.8 Å². The molecule has 1 atom stereocenters. The molecule has 0 fully saturated rings. The van der Waals surface area contributed by atoms with Crippen molar-refractivity contribution in [2.24, 2.45) is 5.73 Å². The first-order valence-electron chi connectivity index (χ1n) is 6.61. The Kier molecular flexibility index (Phi) is 3.45. The van der Waals surface area contributed by atoms with Crippen molar-refractivity contribution in [2.75, 3.05) is 5.32 Å². The number of fused-ring (bicyclic) bond motifs is 1. The molecule has 0 saturated carbocycles. The summed E-state index contributed by atoms with van der Waals surface area (Å²) >= 11 is 5.88. The maximum absolute atomic E-state index is 6.00. The summed E-state index contributed by atoms with van der Waals surface area (Å²) in [7, 11) is 0. The maximum Gasteiger partial charge on any atom is 0.0407 e. The van der Waals surface area contributed by atoms with Gasteiger partial charge in [-0.15, -0.1) is 0 Å². The highest BCUT2D eigenvalue weighted by atomic mass is 35.5. The number of hydrogen-bond acceptors (Lipinski definition) is 2. The molecule has 1 unspecified atom stereocenters. The average Bonchev–Trinajstić information content (AvgIpc) is 2.42. The second kappa shape index (κ2) is 5.24. The normalized spacial score (nSPS) is 17.9. The predicted molar refractivity (Wildman–Crippen MR) is 81.2 cm³/mol. The van der Waals surface area contributed by atoms with Crippen LogP contribution in [0.2, 0.25) is 5.02 Å². The molecule has 0 saturated heterocycles. The van der Waals surface area contributed by atoms with Gasteiger partial charge in [0.1, 0.15) is 0 Å². The van der Waals surface area contributed by atoms with Gasteiger partial charge in [-0.25, -0.2) is 0 Å². The van der Waals surface area contributed by atoms with E-state index in [4.69, 9.17) is 17.3 Å². The number of nitrogens with one attached hydrogen (secondary N) is 1. The summed E-state index contributed by atoms with van der Waals surface area (Å²) in [6.07, 6.45) is 3.15. The lowest BCUT2D eigenvalue weighted by atomic mass is 9.88. The molecular weight excluding hydrogens is 256 g/mol. The van der Waals surface area contributed by atoms with Crippen LogP contribution in [0.3, 0.4) is 0 Å². The van der Waals surface area contributed by atoms with Gasteiger partial charge in [0.25, 0.3) is 0 Å². The largest absolute Gasteiger partial charge is 0.356 e. The van der Waals surface area contributed by atoms with Gasteiger partial charge >= 0.3 is 0 Å². The van der Waals surface area contributed by atoms with Gasteiger partial charge in [-0.1, -0.05) is 17.7 Å². The van der Waals surface area contributed by atoms with E-state index in [9.17, 15) is 0 Å². The Morgan fingerprint density at radius 2 is 1.74 bits per heavy atom. The fourth-order valence-corrected chi connectivity index (χ4v) is 2.69. The van der Waals surface area contributed by atoms with Gasteiger partial charge < -0.3 is 11.1 Å². The van der Waals surface area contributed by atoms with E-state index in [2.05, 4.69) is 23.5 Å². The molecular formula is C16H17ClN2. The Hall–Kier alpha value is -1.51. The van der Waals surface area contributed by atoms with Crippen molar-refractivity contribution in [1.82, 2.24) is 0 Å². The van der Waals surface area contributed by atoms with Gasteiger partial charge in [-0.3, -0.25) is 0 Å². The number of hydrogen-bond donors (Lipinski definition) is 2. The molecule has 0 bridgehead atoms. The van der Waals surface area contributed by atoms with Gasteiger partial charge in [-0.2, -0.15) is 0 Å². The minimum absolute atomic E-state index is 0.322. The molecule has 2 aromatic rings. The third-order valence-corrected chi connectivity index (χ3v) is 3.86. The van der Waals surface area contributed by atoms with Crippen molar-refractivity contribution < 1.29 is 0 Å². The van der Waals surface area contributed by atoms with Crippen molar-refractivity contribution in [1.29, 1.82) is 0 Å². The Bertz CT molecular complexity index is 578. The molecule has 0 heterocycles. The van der Waals surface area contributed by atoms with E-state index in [-0.39, 0.29) is 0 Å². The molecule has 0 spiro atoms. The zero-order valence-electron chi connectivity index (χ0n) is 10.7. The first-order chi connectivity index (χ1) is 9.20. The summed E-state index contributed by atoms with van der Waals surface area (Å²) < 4.78 is 0. The van der Waals surface area contributed by atoms with Crippen LogP contribution >= 0.6 is 11.6 Å². The van der Waals surface area contributed by atoms with Gasteiger partial charge in [0, 0.05) is 22.4 Å². The molecule has 3 N–H and O–H groups in total. The van der Waals surface area contributed by atoms with Crippen LogP contribution in [-0.4, -0.2) is 6.04 Å². The third kappa shape index (κ3) is 2.91. The van der Waals surface area contributed by atoms with E-state index in [0.29, 0.717) is 6.04 Å².